The van der Waals surface area contributed by atoms with Crippen molar-refractivity contribution in [1.82, 2.24) is 9.80 Å². The number of hydrogen-bond donors (Lipinski definition) is 0. The number of aryl methyl sites for hydroxylation is 2. The van der Waals surface area contributed by atoms with E-state index in [0.717, 1.165) is 64.7 Å². The fraction of sp³-hybridized carbons (Fsp3) is 0.700. The molecule has 0 N–H and O–H groups in total. The molecule has 0 spiro atoms. The van der Waals surface area contributed by atoms with Crippen molar-refractivity contribution >= 4 is 0 Å². The van der Waals surface area contributed by atoms with Crippen molar-refractivity contribution in [1.29, 1.82) is 0 Å². The summed E-state index contributed by atoms with van der Waals surface area (Å²) in [7, 11) is 0. The van der Waals surface area contributed by atoms with Crippen LogP contribution in [-0.2, 0) is 22.3 Å². The summed E-state index contributed by atoms with van der Waals surface area (Å²) in [6, 6.07) is 6.62. The third-order valence-electron chi connectivity index (χ3n) is 5.64. The Kier molecular flexibility index (Phi) is 5.87. The molecule has 1 aromatic carbocycles. The van der Waals surface area contributed by atoms with Crippen LogP contribution in [0.15, 0.2) is 18.2 Å². The first-order valence-electron chi connectivity index (χ1n) is 9.75. The van der Waals surface area contributed by atoms with Gasteiger partial charge in [0.2, 0.25) is 0 Å². The Morgan fingerprint density at radius 1 is 1.04 bits per heavy atom. The highest BCUT2D eigenvalue weighted by Gasteiger charge is 2.22. The highest BCUT2D eigenvalue weighted by atomic mass is 16.7. The summed E-state index contributed by atoms with van der Waals surface area (Å²) < 4.78 is 16.9. The second-order valence-electron chi connectivity index (χ2n) is 7.38. The van der Waals surface area contributed by atoms with Gasteiger partial charge in [-0.25, -0.2) is 0 Å². The fourth-order valence-corrected chi connectivity index (χ4v) is 4.06. The number of hydrogen-bond acceptors (Lipinski definition) is 5. The molecular weight excluding hydrogens is 316 g/mol. The lowest BCUT2D eigenvalue weighted by Crippen LogP contribution is -2.50. The molecule has 0 saturated carbocycles. The van der Waals surface area contributed by atoms with Crippen molar-refractivity contribution < 1.29 is 14.2 Å². The van der Waals surface area contributed by atoms with Gasteiger partial charge in [0.15, 0.2) is 0 Å². The van der Waals surface area contributed by atoms with Crippen LogP contribution in [0.1, 0.15) is 24.0 Å². The van der Waals surface area contributed by atoms with Crippen molar-refractivity contribution in [2.24, 2.45) is 0 Å². The first-order valence-corrected chi connectivity index (χ1v) is 9.75. The molecule has 0 aromatic heterocycles. The average Bonchev–Trinajstić information content (AvgIpc) is 3.12. The largest absolute Gasteiger partial charge is 0.492 e. The van der Waals surface area contributed by atoms with Crippen LogP contribution in [0.25, 0.3) is 0 Å². The van der Waals surface area contributed by atoms with Crippen LogP contribution in [0.3, 0.4) is 0 Å². The van der Waals surface area contributed by atoms with Gasteiger partial charge in [-0.05, 0) is 48.9 Å². The second-order valence-corrected chi connectivity index (χ2v) is 7.38. The van der Waals surface area contributed by atoms with Crippen LogP contribution in [0.5, 0.6) is 5.75 Å². The van der Waals surface area contributed by atoms with E-state index in [-0.39, 0.29) is 0 Å². The van der Waals surface area contributed by atoms with E-state index in [2.05, 4.69) is 28.0 Å². The first kappa shape index (κ1) is 17.3. The number of fused-ring (bicyclic) bond motifs is 1. The molecule has 5 heteroatoms. The molecule has 2 saturated heterocycles. The van der Waals surface area contributed by atoms with Crippen LogP contribution < -0.4 is 4.74 Å². The molecule has 5 nitrogen and oxygen atoms in total. The zero-order valence-electron chi connectivity index (χ0n) is 15.1. The van der Waals surface area contributed by atoms with Gasteiger partial charge in [0.25, 0.3) is 0 Å². The van der Waals surface area contributed by atoms with E-state index in [1.165, 1.54) is 30.4 Å². The predicted octanol–water partition coefficient (Wildman–Crippen LogP) is 1.93. The van der Waals surface area contributed by atoms with Crippen LogP contribution in [-0.4, -0.2) is 75.2 Å². The molecule has 3 aliphatic rings. The minimum Gasteiger partial charge on any atom is -0.492 e. The summed E-state index contributed by atoms with van der Waals surface area (Å²) in [6.45, 7) is 8.63. The lowest BCUT2D eigenvalue weighted by atomic mass is 10.1. The summed E-state index contributed by atoms with van der Waals surface area (Å²) in [5, 5.41) is 0. The van der Waals surface area contributed by atoms with Gasteiger partial charge in [0.05, 0.1) is 12.7 Å². The van der Waals surface area contributed by atoms with Crippen molar-refractivity contribution in [3.8, 4) is 5.75 Å². The van der Waals surface area contributed by atoms with Gasteiger partial charge in [-0.15, -0.1) is 0 Å². The van der Waals surface area contributed by atoms with Crippen molar-refractivity contribution in [3.63, 3.8) is 0 Å². The van der Waals surface area contributed by atoms with Gasteiger partial charge in [-0.1, -0.05) is 6.07 Å². The molecule has 138 valence electrons. The van der Waals surface area contributed by atoms with Crippen LogP contribution in [0.2, 0.25) is 0 Å². The molecule has 2 heterocycles. The van der Waals surface area contributed by atoms with Crippen molar-refractivity contribution in [2.45, 2.75) is 31.8 Å². The summed E-state index contributed by atoms with van der Waals surface area (Å²) in [5.74, 6) is 1.04. The normalized spacial score (nSPS) is 25.0. The first-order chi connectivity index (χ1) is 12.4. The average molecular weight is 346 g/mol. The van der Waals surface area contributed by atoms with Gasteiger partial charge in [-0.2, -0.15) is 0 Å². The van der Waals surface area contributed by atoms with E-state index in [9.17, 15) is 0 Å². The quantitative estimate of drug-likeness (QED) is 0.786. The minimum absolute atomic E-state index is 0.350. The molecule has 1 atom stereocenters. The smallest absolute Gasteiger partial charge is 0.147 e. The number of rotatable bonds is 6. The van der Waals surface area contributed by atoms with Crippen LogP contribution >= 0.6 is 0 Å². The molecular formula is C20H30N2O3. The Morgan fingerprint density at radius 2 is 1.88 bits per heavy atom. The Bertz CT molecular complexity index is 552. The van der Waals surface area contributed by atoms with E-state index in [0.29, 0.717) is 12.9 Å². The highest BCUT2D eigenvalue weighted by Crippen LogP contribution is 2.26. The fourth-order valence-electron chi connectivity index (χ4n) is 4.06. The van der Waals surface area contributed by atoms with Gasteiger partial charge >= 0.3 is 0 Å². The maximum absolute atomic E-state index is 5.99. The van der Waals surface area contributed by atoms with Gasteiger partial charge < -0.3 is 14.2 Å². The zero-order chi connectivity index (χ0) is 16.9. The summed E-state index contributed by atoms with van der Waals surface area (Å²) in [5.41, 5.74) is 3.00. The molecule has 0 radical (unpaired) electrons. The Morgan fingerprint density at radius 3 is 2.72 bits per heavy atom. The van der Waals surface area contributed by atoms with E-state index < -0.39 is 0 Å². The molecule has 1 unspecified atom stereocenters. The number of benzene rings is 1. The molecule has 2 fully saturated rings. The summed E-state index contributed by atoms with van der Waals surface area (Å²) in [4.78, 5) is 5.03. The standard InChI is InChI=1S/C20H30N2O3/c1-2-17-4-5-19(14-18(17)3-1)24-13-11-21-7-9-22(10-8-21)15-20-6-12-23-16-25-20/h4-5,14,20H,1-3,6-13,15-16H2. The Balaban J connectivity index is 1.14. The molecule has 25 heavy (non-hydrogen) atoms. The van der Waals surface area contributed by atoms with Crippen LogP contribution in [0.4, 0.5) is 0 Å². The molecule has 4 rings (SSSR count). The van der Waals surface area contributed by atoms with E-state index in [1.54, 1.807) is 0 Å². The maximum Gasteiger partial charge on any atom is 0.147 e. The van der Waals surface area contributed by atoms with Gasteiger partial charge in [0.1, 0.15) is 19.1 Å². The second kappa shape index (κ2) is 8.49. The number of nitrogens with zero attached hydrogens (tertiary/aromatic N) is 2. The lowest BCUT2D eigenvalue weighted by Gasteiger charge is -2.37. The maximum atomic E-state index is 5.99. The molecule has 2 aliphatic heterocycles. The number of ether oxygens (including phenoxy) is 3. The summed E-state index contributed by atoms with van der Waals surface area (Å²) in [6.07, 6.45) is 5.12. The van der Waals surface area contributed by atoms with Crippen LogP contribution in [0, 0.1) is 0 Å². The molecule has 1 aliphatic carbocycles. The van der Waals surface area contributed by atoms with Gasteiger partial charge in [-0.3, -0.25) is 9.80 Å². The number of piperazine rings is 1. The third kappa shape index (κ3) is 4.73. The topological polar surface area (TPSA) is 34.2 Å². The van der Waals surface area contributed by atoms with Crippen molar-refractivity contribution in [3.05, 3.63) is 29.3 Å². The SMILES string of the molecule is c1cc2c(cc1OCCN1CCN(CC3CCOCO3)CC1)CCC2. The molecule has 0 bridgehead atoms. The van der Waals surface area contributed by atoms with E-state index >= 15 is 0 Å². The van der Waals surface area contributed by atoms with E-state index in [1.807, 2.05) is 0 Å². The zero-order valence-corrected chi connectivity index (χ0v) is 15.1. The minimum atomic E-state index is 0.350. The lowest BCUT2D eigenvalue weighted by molar-refractivity contribution is -0.145. The molecule has 0 amide bonds. The third-order valence-corrected chi connectivity index (χ3v) is 5.64. The predicted molar refractivity (Wildman–Crippen MR) is 97.2 cm³/mol. The molecule has 1 aromatic rings. The van der Waals surface area contributed by atoms with Crippen molar-refractivity contribution in [2.75, 3.05) is 59.3 Å². The Hall–Kier alpha value is -1.14. The summed E-state index contributed by atoms with van der Waals surface area (Å²) >= 11 is 0. The Labute approximate surface area is 150 Å². The van der Waals surface area contributed by atoms with E-state index in [4.69, 9.17) is 14.2 Å². The monoisotopic (exact) mass is 346 g/mol. The highest BCUT2D eigenvalue weighted by molar-refractivity contribution is 5.38. The van der Waals surface area contributed by atoms with Gasteiger partial charge in [0, 0.05) is 39.3 Å².